The van der Waals surface area contributed by atoms with Crippen LogP contribution in [0.2, 0.25) is 0 Å². The van der Waals surface area contributed by atoms with Gasteiger partial charge in [0.05, 0.1) is 11.8 Å². The smallest absolute Gasteiger partial charge is 0.430 e. The van der Waals surface area contributed by atoms with Crippen molar-refractivity contribution in [2.45, 2.75) is 18.5 Å². The van der Waals surface area contributed by atoms with Crippen LogP contribution >= 0.6 is 0 Å². The number of aromatic nitrogens is 1. The molecule has 144 valence electrons. The SMILES string of the molecule is O=C(N/N=C\c1ccc(OC(F)(F)[C@H](F)C(F)(F)F)cc1)c1cccnc1. The van der Waals surface area contributed by atoms with E-state index in [0.717, 1.165) is 18.3 Å². The third-order valence-corrected chi connectivity index (χ3v) is 3.02. The van der Waals surface area contributed by atoms with E-state index in [1.807, 2.05) is 0 Å². The second kappa shape index (κ2) is 8.06. The number of nitrogens with one attached hydrogen (secondary N) is 1. The van der Waals surface area contributed by atoms with Crippen molar-refractivity contribution in [2.75, 3.05) is 0 Å². The molecule has 0 aliphatic heterocycles. The first-order valence-corrected chi connectivity index (χ1v) is 7.21. The van der Waals surface area contributed by atoms with Gasteiger partial charge in [0.15, 0.2) is 0 Å². The average molecular weight is 391 g/mol. The van der Waals surface area contributed by atoms with Crippen molar-refractivity contribution in [2.24, 2.45) is 5.10 Å². The second-order valence-electron chi connectivity index (χ2n) is 5.08. The number of carbonyl (C=O) groups is 1. The van der Waals surface area contributed by atoms with Crippen molar-refractivity contribution >= 4 is 12.1 Å². The minimum Gasteiger partial charge on any atom is -0.430 e. The molecule has 2 rings (SSSR count). The second-order valence-corrected chi connectivity index (χ2v) is 5.08. The molecule has 0 saturated carbocycles. The van der Waals surface area contributed by atoms with E-state index in [9.17, 15) is 31.1 Å². The highest BCUT2D eigenvalue weighted by atomic mass is 19.4. The van der Waals surface area contributed by atoms with Gasteiger partial charge in [-0.2, -0.15) is 27.1 Å². The summed E-state index contributed by atoms with van der Waals surface area (Å²) < 4.78 is 79.0. The lowest BCUT2D eigenvalue weighted by Gasteiger charge is -2.23. The van der Waals surface area contributed by atoms with Crippen LogP contribution in [0.15, 0.2) is 53.9 Å². The number of carbonyl (C=O) groups excluding carboxylic acids is 1. The van der Waals surface area contributed by atoms with Gasteiger partial charge in [-0.3, -0.25) is 9.78 Å². The van der Waals surface area contributed by atoms with Crippen molar-refractivity contribution in [3.05, 3.63) is 59.9 Å². The van der Waals surface area contributed by atoms with Crippen LogP contribution in [-0.2, 0) is 0 Å². The molecular formula is C16H11F6N3O2. The van der Waals surface area contributed by atoms with Gasteiger partial charge in [-0.15, -0.1) is 0 Å². The van der Waals surface area contributed by atoms with E-state index in [4.69, 9.17) is 0 Å². The Morgan fingerprint density at radius 1 is 1.15 bits per heavy atom. The maximum Gasteiger partial charge on any atom is 0.439 e. The van der Waals surface area contributed by atoms with Crippen molar-refractivity contribution in [3.63, 3.8) is 0 Å². The number of pyridine rings is 1. The summed E-state index contributed by atoms with van der Waals surface area (Å²) in [6, 6.07) is 7.21. The average Bonchev–Trinajstić information content (AvgIpc) is 2.62. The highest BCUT2D eigenvalue weighted by Crippen LogP contribution is 2.36. The summed E-state index contributed by atoms with van der Waals surface area (Å²) in [7, 11) is 0. The summed E-state index contributed by atoms with van der Waals surface area (Å²) in [5.41, 5.74) is 2.76. The molecule has 1 amide bonds. The van der Waals surface area contributed by atoms with Gasteiger partial charge >= 0.3 is 12.3 Å². The first-order chi connectivity index (χ1) is 12.6. The van der Waals surface area contributed by atoms with Crippen molar-refractivity contribution < 1.29 is 35.9 Å². The van der Waals surface area contributed by atoms with Crippen LogP contribution in [0.4, 0.5) is 26.3 Å². The number of rotatable bonds is 6. The molecule has 1 heterocycles. The molecule has 1 aromatic heterocycles. The fourth-order valence-corrected chi connectivity index (χ4v) is 1.75. The van der Waals surface area contributed by atoms with Crippen LogP contribution in [0.3, 0.4) is 0 Å². The summed E-state index contributed by atoms with van der Waals surface area (Å²) in [5.74, 6) is -1.22. The van der Waals surface area contributed by atoms with Gasteiger partial charge < -0.3 is 4.74 Å². The predicted molar refractivity (Wildman–Crippen MR) is 82.3 cm³/mol. The van der Waals surface area contributed by atoms with E-state index in [1.54, 1.807) is 6.07 Å². The standard InChI is InChI=1S/C16H11F6N3O2/c17-14(15(18,19)20)16(21,22)27-12-5-3-10(4-6-12)8-24-25-13(26)11-2-1-7-23-9-11/h1-9,14H,(H,25,26)/b24-8-/t14-/m1/s1. The lowest BCUT2D eigenvalue weighted by molar-refractivity contribution is -0.304. The fraction of sp³-hybridized carbons (Fsp3) is 0.188. The minimum atomic E-state index is -5.76. The van der Waals surface area contributed by atoms with Crippen LogP contribution < -0.4 is 10.2 Å². The van der Waals surface area contributed by atoms with Gasteiger partial charge in [0.1, 0.15) is 5.75 Å². The van der Waals surface area contributed by atoms with Gasteiger partial charge in [0.2, 0.25) is 0 Å². The predicted octanol–water partition coefficient (Wildman–Crippen LogP) is 3.72. The fourth-order valence-electron chi connectivity index (χ4n) is 1.75. The minimum absolute atomic E-state index is 0.256. The van der Waals surface area contributed by atoms with Gasteiger partial charge in [-0.25, -0.2) is 9.82 Å². The van der Waals surface area contributed by atoms with E-state index >= 15 is 0 Å². The molecule has 0 spiro atoms. The van der Waals surface area contributed by atoms with Crippen molar-refractivity contribution in [1.82, 2.24) is 10.4 Å². The normalized spacial score (nSPS) is 13.4. The quantitative estimate of drug-likeness (QED) is 0.464. The molecular weight excluding hydrogens is 380 g/mol. The van der Waals surface area contributed by atoms with Crippen molar-refractivity contribution in [1.29, 1.82) is 0 Å². The van der Waals surface area contributed by atoms with Crippen LogP contribution in [0.5, 0.6) is 5.75 Å². The van der Waals surface area contributed by atoms with E-state index < -0.39 is 30.1 Å². The van der Waals surface area contributed by atoms with Gasteiger partial charge in [0, 0.05) is 12.4 Å². The molecule has 27 heavy (non-hydrogen) atoms. The Balaban J connectivity index is 1.96. The molecule has 2 aromatic rings. The first-order valence-electron chi connectivity index (χ1n) is 7.21. The number of halogens is 6. The summed E-state index contributed by atoms with van der Waals surface area (Å²) in [5, 5.41) is 3.63. The summed E-state index contributed by atoms with van der Waals surface area (Å²) in [4.78, 5) is 15.4. The Labute approximate surface area is 148 Å². The summed E-state index contributed by atoms with van der Waals surface area (Å²) >= 11 is 0. The molecule has 0 aliphatic carbocycles. The summed E-state index contributed by atoms with van der Waals surface area (Å²) in [6.45, 7) is 0. The van der Waals surface area contributed by atoms with Gasteiger partial charge in [-0.05, 0) is 42.0 Å². The third-order valence-electron chi connectivity index (χ3n) is 3.02. The monoisotopic (exact) mass is 391 g/mol. The van der Waals surface area contributed by atoms with Crippen LogP contribution in [0, 0.1) is 0 Å². The first kappa shape index (κ1) is 20.2. The van der Waals surface area contributed by atoms with E-state index in [-0.39, 0.29) is 5.56 Å². The zero-order valence-electron chi connectivity index (χ0n) is 13.3. The topological polar surface area (TPSA) is 63.6 Å². The lowest BCUT2D eigenvalue weighted by atomic mass is 10.2. The molecule has 0 radical (unpaired) electrons. The van der Waals surface area contributed by atoms with Gasteiger partial charge in [0.25, 0.3) is 12.1 Å². The van der Waals surface area contributed by atoms with E-state index in [0.29, 0.717) is 5.56 Å². The maximum atomic E-state index is 13.2. The van der Waals surface area contributed by atoms with Crippen LogP contribution in [0.1, 0.15) is 15.9 Å². The Kier molecular flexibility index (Phi) is 6.03. The molecule has 11 heteroatoms. The molecule has 1 aromatic carbocycles. The number of ether oxygens (including phenoxy) is 1. The number of nitrogens with zero attached hydrogens (tertiary/aromatic N) is 2. The zero-order valence-corrected chi connectivity index (χ0v) is 13.3. The number of benzene rings is 1. The van der Waals surface area contributed by atoms with Crippen molar-refractivity contribution in [3.8, 4) is 5.75 Å². The van der Waals surface area contributed by atoms with Crippen LogP contribution in [0.25, 0.3) is 0 Å². The molecule has 0 aliphatic rings. The summed E-state index contributed by atoms with van der Waals surface area (Å²) in [6.07, 6.45) is -11.4. The molecule has 0 fully saturated rings. The Hall–Kier alpha value is -3.11. The molecule has 0 unspecified atom stereocenters. The lowest BCUT2D eigenvalue weighted by Crippen LogP contribution is -2.45. The zero-order chi connectivity index (χ0) is 20.1. The molecule has 0 bridgehead atoms. The highest BCUT2D eigenvalue weighted by molar-refractivity contribution is 5.94. The number of amides is 1. The molecule has 0 saturated heterocycles. The molecule has 5 nitrogen and oxygen atoms in total. The highest BCUT2D eigenvalue weighted by Gasteiger charge is 2.59. The third kappa shape index (κ3) is 5.69. The molecule has 1 N–H and O–H groups in total. The maximum absolute atomic E-state index is 13.2. The number of hydrogen-bond donors (Lipinski definition) is 1. The number of hydrogen-bond acceptors (Lipinski definition) is 4. The van der Waals surface area contributed by atoms with Gasteiger partial charge in [-0.1, -0.05) is 0 Å². The largest absolute Gasteiger partial charge is 0.439 e. The van der Waals surface area contributed by atoms with E-state index in [1.165, 1.54) is 30.6 Å². The van der Waals surface area contributed by atoms with Crippen LogP contribution in [-0.4, -0.2) is 35.6 Å². The Morgan fingerprint density at radius 3 is 2.37 bits per heavy atom. The number of alkyl halides is 6. The molecule has 1 atom stereocenters. The van der Waals surface area contributed by atoms with E-state index in [2.05, 4.69) is 20.2 Å². The number of hydrazone groups is 1. The Morgan fingerprint density at radius 2 is 1.81 bits per heavy atom. The Bertz CT molecular complexity index is 794.